The molecule has 0 aromatic carbocycles. The van der Waals surface area contributed by atoms with E-state index in [9.17, 15) is 0 Å². The fraction of sp³-hybridized carbons (Fsp3) is 0.444. The van der Waals surface area contributed by atoms with Crippen LogP contribution in [0, 0.1) is 0 Å². The highest BCUT2D eigenvalue weighted by molar-refractivity contribution is 7.98. The largest absolute Gasteiger partial charge is 0.256 e. The van der Waals surface area contributed by atoms with Gasteiger partial charge >= 0.3 is 0 Å². The summed E-state index contributed by atoms with van der Waals surface area (Å²) < 4.78 is -1.44. The zero-order valence-corrected chi connectivity index (χ0v) is 10.9. The molecule has 0 aliphatic rings. The van der Waals surface area contributed by atoms with Gasteiger partial charge < -0.3 is 0 Å². The van der Waals surface area contributed by atoms with Crippen LogP contribution in [0.15, 0.2) is 18.3 Å². The number of rotatable bonds is 2. The van der Waals surface area contributed by atoms with E-state index in [-0.39, 0.29) is 5.25 Å². The smallest absolute Gasteiger partial charge is 0.232 e. The monoisotopic (exact) mass is 269 g/mol. The number of thioether (sulfide) groups is 1. The Morgan fingerprint density at radius 2 is 2.07 bits per heavy atom. The minimum absolute atomic E-state index is 0.273. The van der Waals surface area contributed by atoms with Crippen molar-refractivity contribution in [2.45, 2.75) is 16.0 Å². The molecule has 78 valence electrons. The molecule has 0 bridgehead atoms. The molecule has 14 heavy (non-hydrogen) atoms. The van der Waals surface area contributed by atoms with E-state index >= 15 is 0 Å². The van der Waals surface area contributed by atoms with Crippen LogP contribution in [0.4, 0.5) is 0 Å². The fourth-order valence-electron chi connectivity index (χ4n) is 1.11. The van der Waals surface area contributed by atoms with E-state index in [1.165, 1.54) is 0 Å². The molecule has 5 heteroatoms. The molecule has 1 heterocycles. The van der Waals surface area contributed by atoms with Crippen molar-refractivity contribution in [1.82, 2.24) is 4.98 Å². The molecule has 0 radical (unpaired) electrons. The van der Waals surface area contributed by atoms with E-state index in [0.717, 1.165) is 5.56 Å². The van der Waals surface area contributed by atoms with Gasteiger partial charge in [-0.1, -0.05) is 40.9 Å². The van der Waals surface area contributed by atoms with Crippen LogP contribution in [-0.4, -0.2) is 11.2 Å². The molecule has 1 rings (SSSR count). The third-order valence-electron chi connectivity index (χ3n) is 1.90. The molecule has 0 N–H and O–H groups in total. The zero-order chi connectivity index (χ0) is 10.8. The van der Waals surface area contributed by atoms with Gasteiger partial charge in [-0.3, -0.25) is 4.98 Å². The number of halogens is 3. The lowest BCUT2D eigenvalue weighted by molar-refractivity contribution is 0.976. The highest BCUT2D eigenvalue weighted by atomic mass is 35.6. The van der Waals surface area contributed by atoms with Gasteiger partial charge in [-0.05, 0) is 24.8 Å². The predicted molar refractivity (Wildman–Crippen MR) is 65.4 cm³/mol. The Labute approximate surface area is 103 Å². The van der Waals surface area contributed by atoms with Crippen molar-refractivity contribution in [3.05, 3.63) is 29.6 Å². The van der Waals surface area contributed by atoms with Gasteiger partial charge in [-0.15, -0.1) is 0 Å². The molecule has 1 aromatic rings. The minimum Gasteiger partial charge on any atom is -0.256 e. The molecular weight excluding hydrogens is 261 g/mol. The van der Waals surface area contributed by atoms with Gasteiger partial charge in [-0.2, -0.15) is 11.8 Å². The Bertz CT molecular complexity index is 311. The number of alkyl halides is 3. The Balaban J connectivity index is 3.16. The Morgan fingerprint density at radius 1 is 1.43 bits per heavy atom. The molecule has 0 aliphatic carbocycles. The second-order valence-corrected chi connectivity index (χ2v) is 6.28. The van der Waals surface area contributed by atoms with Crippen LogP contribution in [0.1, 0.15) is 23.4 Å². The second-order valence-electron chi connectivity index (χ2n) is 2.82. The highest BCUT2D eigenvalue weighted by Crippen LogP contribution is 2.42. The first kappa shape index (κ1) is 12.4. The molecule has 0 amide bonds. The van der Waals surface area contributed by atoms with Crippen molar-refractivity contribution >= 4 is 46.6 Å². The van der Waals surface area contributed by atoms with Crippen molar-refractivity contribution in [2.24, 2.45) is 0 Å². The Kier molecular flexibility index (Phi) is 4.38. The van der Waals surface area contributed by atoms with Crippen LogP contribution in [-0.2, 0) is 3.79 Å². The lowest BCUT2D eigenvalue weighted by Crippen LogP contribution is -2.09. The van der Waals surface area contributed by atoms with Crippen LogP contribution in [0.2, 0.25) is 0 Å². The Hall–Kier alpha value is 0.370. The highest BCUT2D eigenvalue weighted by Gasteiger charge is 2.28. The number of aromatic nitrogens is 1. The maximum atomic E-state index is 5.82. The number of hydrogen-bond donors (Lipinski definition) is 0. The molecule has 1 aromatic heterocycles. The Morgan fingerprint density at radius 3 is 2.57 bits per heavy atom. The maximum absolute atomic E-state index is 5.82. The average molecular weight is 271 g/mol. The van der Waals surface area contributed by atoms with Gasteiger partial charge in [0.2, 0.25) is 3.79 Å². The molecule has 0 saturated heterocycles. The number of nitrogens with zero attached hydrogens (tertiary/aromatic N) is 1. The number of hydrogen-bond acceptors (Lipinski definition) is 2. The quantitative estimate of drug-likeness (QED) is 0.742. The molecule has 0 spiro atoms. The van der Waals surface area contributed by atoms with E-state index in [1.807, 2.05) is 18.4 Å². The van der Waals surface area contributed by atoms with Crippen molar-refractivity contribution in [2.75, 3.05) is 6.26 Å². The molecule has 0 saturated carbocycles. The summed E-state index contributed by atoms with van der Waals surface area (Å²) in [6.07, 6.45) is 3.65. The normalized spacial score (nSPS) is 14.1. The topological polar surface area (TPSA) is 12.9 Å². The van der Waals surface area contributed by atoms with Crippen LogP contribution in [0.5, 0.6) is 0 Å². The lowest BCUT2D eigenvalue weighted by atomic mass is 10.1. The summed E-state index contributed by atoms with van der Waals surface area (Å²) in [6, 6.07) is 3.79. The summed E-state index contributed by atoms with van der Waals surface area (Å²) in [5, 5.41) is 0.273. The summed E-state index contributed by atoms with van der Waals surface area (Å²) in [6.45, 7) is 2.06. The lowest BCUT2D eigenvalue weighted by Gasteiger charge is -2.18. The average Bonchev–Trinajstić information content (AvgIpc) is 2.15. The van der Waals surface area contributed by atoms with Gasteiger partial charge in [0, 0.05) is 11.4 Å². The second kappa shape index (κ2) is 4.93. The van der Waals surface area contributed by atoms with Crippen molar-refractivity contribution in [3.8, 4) is 0 Å². The van der Waals surface area contributed by atoms with Crippen LogP contribution in [0.3, 0.4) is 0 Å². The first-order valence-electron chi connectivity index (χ1n) is 4.01. The van der Waals surface area contributed by atoms with Crippen LogP contribution < -0.4 is 0 Å². The summed E-state index contributed by atoms with van der Waals surface area (Å²) in [7, 11) is 0. The SMILES string of the molecule is CSC(C)c1cccnc1C(Cl)(Cl)Cl. The molecule has 0 fully saturated rings. The zero-order valence-electron chi connectivity index (χ0n) is 7.80. The molecule has 0 aliphatic heterocycles. The van der Waals surface area contributed by atoms with Crippen molar-refractivity contribution in [3.63, 3.8) is 0 Å². The van der Waals surface area contributed by atoms with Crippen LogP contribution in [0.25, 0.3) is 0 Å². The van der Waals surface area contributed by atoms with E-state index in [0.29, 0.717) is 5.69 Å². The van der Waals surface area contributed by atoms with E-state index < -0.39 is 3.79 Å². The molecule has 1 nitrogen and oxygen atoms in total. The van der Waals surface area contributed by atoms with Gasteiger partial charge in [0.15, 0.2) is 0 Å². The maximum Gasteiger partial charge on any atom is 0.232 e. The van der Waals surface area contributed by atoms with E-state index in [4.69, 9.17) is 34.8 Å². The van der Waals surface area contributed by atoms with Gasteiger partial charge in [0.25, 0.3) is 0 Å². The fourth-order valence-corrected chi connectivity index (χ4v) is 2.03. The predicted octanol–water partition coefficient (Wildman–Crippen LogP) is 4.33. The number of pyridine rings is 1. The standard InChI is InChI=1S/C9H10Cl3NS/c1-6(14-2)7-4-3-5-13-8(7)9(10,11)12/h3-6H,1-2H3. The van der Waals surface area contributed by atoms with E-state index in [1.54, 1.807) is 18.0 Å². The first-order chi connectivity index (χ1) is 6.46. The summed E-state index contributed by atoms with van der Waals surface area (Å²) in [4.78, 5) is 4.11. The van der Waals surface area contributed by atoms with Crippen molar-refractivity contribution in [1.29, 1.82) is 0 Å². The summed E-state index contributed by atoms with van der Waals surface area (Å²) in [5.74, 6) is 0. The third kappa shape index (κ3) is 2.93. The molecule has 1 unspecified atom stereocenters. The molecule has 1 atom stereocenters. The van der Waals surface area contributed by atoms with Gasteiger partial charge in [0.1, 0.15) is 0 Å². The van der Waals surface area contributed by atoms with Gasteiger partial charge in [-0.25, -0.2) is 0 Å². The minimum atomic E-state index is -1.44. The summed E-state index contributed by atoms with van der Waals surface area (Å²) >= 11 is 19.2. The van der Waals surface area contributed by atoms with E-state index in [2.05, 4.69) is 11.9 Å². The van der Waals surface area contributed by atoms with Gasteiger partial charge in [0.05, 0.1) is 5.69 Å². The van der Waals surface area contributed by atoms with Crippen molar-refractivity contribution < 1.29 is 0 Å². The molecular formula is C9H10Cl3NS. The summed E-state index contributed by atoms with van der Waals surface area (Å²) in [5.41, 5.74) is 1.49. The third-order valence-corrected chi connectivity index (χ3v) is 3.40. The first-order valence-corrected chi connectivity index (χ1v) is 6.44. The van der Waals surface area contributed by atoms with Crippen LogP contribution >= 0.6 is 46.6 Å².